The first-order chi connectivity index (χ1) is 6.31. The summed E-state index contributed by atoms with van der Waals surface area (Å²) < 4.78 is 23.2. The number of nitrogens with two attached hydrogens (primary N) is 1. The summed E-state index contributed by atoms with van der Waals surface area (Å²) in [5.74, 6) is 0.378. The lowest BCUT2D eigenvalue weighted by Gasteiger charge is -2.20. The molecular weight excluding hydrogens is 209 g/mol. The van der Waals surface area contributed by atoms with Crippen LogP contribution in [0.4, 0.5) is 4.39 Å². The minimum absolute atomic E-state index is 0. The lowest BCUT2D eigenvalue weighted by Crippen LogP contribution is -2.14. The maximum Gasteiger partial charge on any atom is 0.189 e. The van der Waals surface area contributed by atoms with E-state index in [1.165, 1.54) is 12.1 Å². The average molecular weight is 220 g/mol. The van der Waals surface area contributed by atoms with Crippen molar-refractivity contribution in [1.82, 2.24) is 0 Å². The van der Waals surface area contributed by atoms with Gasteiger partial charge < -0.3 is 15.2 Å². The van der Waals surface area contributed by atoms with Gasteiger partial charge in [0, 0.05) is 17.7 Å². The number of ether oxygens (including phenoxy) is 2. The van der Waals surface area contributed by atoms with Crippen molar-refractivity contribution in [3.63, 3.8) is 0 Å². The van der Waals surface area contributed by atoms with Gasteiger partial charge in [-0.25, -0.2) is 4.39 Å². The Hall–Kier alpha value is -0.840. The van der Waals surface area contributed by atoms with Crippen molar-refractivity contribution in [2.75, 3.05) is 6.79 Å². The molecule has 5 heteroatoms. The van der Waals surface area contributed by atoms with Crippen molar-refractivity contribution >= 4 is 12.4 Å². The van der Waals surface area contributed by atoms with Crippen LogP contribution in [0.5, 0.6) is 5.75 Å². The van der Waals surface area contributed by atoms with Gasteiger partial charge in [-0.05, 0) is 12.1 Å². The predicted molar refractivity (Wildman–Crippen MR) is 51.8 cm³/mol. The number of fused-ring (bicyclic) bond motifs is 1. The van der Waals surface area contributed by atoms with Crippen LogP contribution in [0.3, 0.4) is 0 Å². The zero-order valence-corrected chi connectivity index (χ0v) is 8.27. The summed E-state index contributed by atoms with van der Waals surface area (Å²) in [6, 6.07) is 2.80. The fraction of sp³-hybridized carbons (Fsp3) is 0.333. The number of hydrogen-bond acceptors (Lipinski definition) is 3. The second kappa shape index (κ2) is 4.59. The van der Waals surface area contributed by atoms with E-state index in [2.05, 4.69) is 0 Å². The molecule has 0 bridgehead atoms. The molecule has 2 N–H and O–H groups in total. The molecule has 3 nitrogen and oxygen atoms in total. The summed E-state index contributed by atoms with van der Waals surface area (Å²) in [6.07, 6.45) is 0. The third-order valence-electron chi connectivity index (χ3n) is 1.97. The molecule has 1 aliphatic rings. The van der Waals surface area contributed by atoms with Gasteiger partial charge in [-0.3, -0.25) is 0 Å². The number of benzene rings is 1. The van der Waals surface area contributed by atoms with Gasteiger partial charge in [0.15, 0.2) is 6.79 Å². The van der Waals surface area contributed by atoms with Crippen LogP contribution in [0, 0.1) is 5.82 Å². The monoisotopic (exact) mass is 219 g/mol. The number of hydrogen-bond donors (Lipinski definition) is 1. The fourth-order valence-electron chi connectivity index (χ4n) is 1.41. The van der Waals surface area contributed by atoms with E-state index in [0.717, 1.165) is 5.56 Å². The lowest BCUT2D eigenvalue weighted by molar-refractivity contribution is -0.0172. The average Bonchev–Trinajstić information content (AvgIpc) is 2.16. The van der Waals surface area contributed by atoms with Crippen LogP contribution in [-0.4, -0.2) is 6.79 Å². The minimum Gasteiger partial charge on any atom is -0.467 e. The predicted octanol–water partition coefficient (Wildman–Crippen LogP) is 1.57. The molecule has 0 spiro atoms. The van der Waals surface area contributed by atoms with Crippen LogP contribution >= 0.6 is 12.4 Å². The standard InChI is InChI=1S/C9H10FNO2.ClH/c10-8-1-6(3-11)9-7(2-8)4-12-5-13-9;/h1-2H,3-5,11H2;1H. The highest BCUT2D eigenvalue weighted by Gasteiger charge is 2.15. The highest BCUT2D eigenvalue weighted by Crippen LogP contribution is 2.28. The fourth-order valence-corrected chi connectivity index (χ4v) is 1.41. The van der Waals surface area contributed by atoms with E-state index in [-0.39, 0.29) is 31.6 Å². The van der Waals surface area contributed by atoms with Crippen molar-refractivity contribution in [2.45, 2.75) is 13.2 Å². The van der Waals surface area contributed by atoms with Gasteiger partial charge in [0.25, 0.3) is 0 Å². The Bertz CT molecular complexity index is 316. The molecule has 0 amide bonds. The Labute approximate surface area is 87.4 Å². The molecular formula is C9H11ClFNO2. The summed E-state index contributed by atoms with van der Waals surface area (Å²) in [4.78, 5) is 0. The Morgan fingerprint density at radius 3 is 2.93 bits per heavy atom. The maximum absolute atomic E-state index is 13.0. The largest absolute Gasteiger partial charge is 0.467 e. The van der Waals surface area contributed by atoms with E-state index in [1.54, 1.807) is 0 Å². The van der Waals surface area contributed by atoms with Gasteiger partial charge in [0.2, 0.25) is 0 Å². The first-order valence-corrected chi connectivity index (χ1v) is 4.03. The van der Waals surface area contributed by atoms with Crippen LogP contribution in [0.25, 0.3) is 0 Å². The van der Waals surface area contributed by atoms with Crippen LogP contribution in [-0.2, 0) is 17.9 Å². The quantitative estimate of drug-likeness (QED) is 0.780. The van der Waals surface area contributed by atoms with Gasteiger partial charge in [0.1, 0.15) is 11.6 Å². The molecule has 0 aliphatic carbocycles. The van der Waals surface area contributed by atoms with Crippen LogP contribution in [0.1, 0.15) is 11.1 Å². The van der Waals surface area contributed by atoms with Crippen molar-refractivity contribution < 1.29 is 13.9 Å². The highest BCUT2D eigenvalue weighted by atomic mass is 35.5. The van der Waals surface area contributed by atoms with Crippen molar-refractivity contribution in [3.05, 3.63) is 29.1 Å². The molecule has 1 aromatic rings. The van der Waals surface area contributed by atoms with Gasteiger partial charge in [-0.15, -0.1) is 12.4 Å². The second-order valence-electron chi connectivity index (χ2n) is 2.87. The molecule has 0 saturated heterocycles. The van der Waals surface area contributed by atoms with Crippen LogP contribution in [0.2, 0.25) is 0 Å². The molecule has 1 aliphatic heterocycles. The van der Waals surface area contributed by atoms with E-state index >= 15 is 0 Å². The first kappa shape index (κ1) is 11.2. The SMILES string of the molecule is Cl.NCc1cc(F)cc2c1OCOC2. The van der Waals surface area contributed by atoms with E-state index in [1.807, 2.05) is 0 Å². The van der Waals surface area contributed by atoms with Gasteiger partial charge in [-0.2, -0.15) is 0 Å². The molecule has 0 fully saturated rings. The van der Waals surface area contributed by atoms with Crippen LogP contribution in [0.15, 0.2) is 12.1 Å². The van der Waals surface area contributed by atoms with E-state index in [0.29, 0.717) is 17.9 Å². The third kappa shape index (κ3) is 1.97. The minimum atomic E-state index is -0.298. The summed E-state index contributed by atoms with van der Waals surface area (Å²) in [5, 5.41) is 0. The molecule has 0 aromatic heterocycles. The summed E-state index contributed by atoms with van der Waals surface area (Å²) in [6.45, 7) is 0.881. The van der Waals surface area contributed by atoms with Crippen molar-refractivity contribution in [1.29, 1.82) is 0 Å². The number of rotatable bonds is 1. The molecule has 1 heterocycles. The molecule has 2 rings (SSSR count). The normalized spacial score (nSPS) is 13.9. The first-order valence-electron chi connectivity index (χ1n) is 4.03. The molecule has 1 aromatic carbocycles. The summed E-state index contributed by atoms with van der Waals surface area (Å²) >= 11 is 0. The topological polar surface area (TPSA) is 44.5 Å². The molecule has 0 saturated carbocycles. The third-order valence-corrected chi connectivity index (χ3v) is 1.97. The number of halogens is 2. The van der Waals surface area contributed by atoms with Gasteiger partial charge in [0.05, 0.1) is 6.61 Å². The molecule has 0 radical (unpaired) electrons. The molecule has 0 atom stereocenters. The molecule has 78 valence electrons. The smallest absolute Gasteiger partial charge is 0.189 e. The zero-order valence-electron chi connectivity index (χ0n) is 7.46. The lowest BCUT2D eigenvalue weighted by atomic mass is 10.1. The maximum atomic E-state index is 13.0. The Kier molecular flexibility index (Phi) is 3.69. The van der Waals surface area contributed by atoms with Gasteiger partial charge >= 0.3 is 0 Å². The van der Waals surface area contributed by atoms with E-state index in [9.17, 15) is 4.39 Å². The van der Waals surface area contributed by atoms with Crippen molar-refractivity contribution in [3.8, 4) is 5.75 Å². The Morgan fingerprint density at radius 2 is 2.21 bits per heavy atom. The Morgan fingerprint density at radius 1 is 1.43 bits per heavy atom. The van der Waals surface area contributed by atoms with Crippen LogP contribution < -0.4 is 10.5 Å². The zero-order chi connectivity index (χ0) is 9.26. The summed E-state index contributed by atoms with van der Waals surface area (Å²) in [7, 11) is 0. The van der Waals surface area contributed by atoms with E-state index in [4.69, 9.17) is 15.2 Å². The Balaban J connectivity index is 0.000000980. The van der Waals surface area contributed by atoms with E-state index < -0.39 is 0 Å². The van der Waals surface area contributed by atoms with Crippen molar-refractivity contribution in [2.24, 2.45) is 5.73 Å². The van der Waals surface area contributed by atoms with Gasteiger partial charge in [-0.1, -0.05) is 0 Å². The summed E-state index contributed by atoms with van der Waals surface area (Å²) in [5.41, 5.74) is 6.88. The molecule has 0 unspecified atom stereocenters. The highest BCUT2D eigenvalue weighted by molar-refractivity contribution is 5.85. The second-order valence-corrected chi connectivity index (χ2v) is 2.87. The molecule has 14 heavy (non-hydrogen) atoms.